The molecule has 1 aliphatic heterocycles. The highest BCUT2D eigenvalue weighted by Crippen LogP contribution is 2.19. The van der Waals surface area contributed by atoms with E-state index in [2.05, 4.69) is 39.3 Å². The molecular weight excluding hydrogens is 459 g/mol. The van der Waals surface area contributed by atoms with E-state index >= 15 is 0 Å². The zero-order chi connectivity index (χ0) is 19.1. The van der Waals surface area contributed by atoms with Crippen molar-refractivity contribution in [3.8, 4) is 0 Å². The van der Waals surface area contributed by atoms with Crippen LogP contribution in [0.1, 0.15) is 31.4 Å². The van der Waals surface area contributed by atoms with Crippen molar-refractivity contribution in [2.45, 2.75) is 25.8 Å². The van der Waals surface area contributed by atoms with Crippen LogP contribution in [0.25, 0.3) is 0 Å². The van der Waals surface area contributed by atoms with Gasteiger partial charge in [-0.3, -0.25) is 14.5 Å². The molecule has 1 N–H and O–H groups in total. The average Bonchev–Trinajstić information content (AvgIpc) is 3.04. The molecule has 1 fully saturated rings. The maximum absolute atomic E-state index is 12.1. The van der Waals surface area contributed by atoms with Gasteiger partial charge in [-0.2, -0.15) is 5.10 Å². The normalized spacial score (nSPS) is 18.8. The number of nitrogens with one attached hydrogen (secondary N) is 1. The third-order valence-corrected chi connectivity index (χ3v) is 4.74. The first-order valence-electron chi connectivity index (χ1n) is 9.23. The van der Waals surface area contributed by atoms with Crippen molar-refractivity contribution in [1.29, 1.82) is 0 Å². The largest absolute Gasteiger partial charge is 0.466 e. The summed E-state index contributed by atoms with van der Waals surface area (Å²) < 4.78 is 7.01. The van der Waals surface area contributed by atoms with Crippen molar-refractivity contribution < 1.29 is 9.53 Å². The molecule has 1 saturated heterocycles. The summed E-state index contributed by atoms with van der Waals surface area (Å²) in [5.74, 6) is 0.647. The van der Waals surface area contributed by atoms with Gasteiger partial charge in [0.1, 0.15) is 0 Å². The summed E-state index contributed by atoms with van der Waals surface area (Å²) >= 11 is 0. The number of hydrogen-bond acceptors (Lipinski definition) is 5. The molecule has 0 saturated carbocycles. The summed E-state index contributed by atoms with van der Waals surface area (Å²) in [5, 5.41) is 7.74. The number of likely N-dealkylation sites (N-methyl/N-ethyl adjacent to an activating group) is 1. The van der Waals surface area contributed by atoms with Gasteiger partial charge in [-0.15, -0.1) is 24.0 Å². The number of hydrogen-bond donors (Lipinski definition) is 1. The molecule has 0 aliphatic carbocycles. The van der Waals surface area contributed by atoms with E-state index in [4.69, 9.17) is 4.74 Å². The van der Waals surface area contributed by atoms with E-state index in [1.165, 1.54) is 0 Å². The van der Waals surface area contributed by atoms with Crippen molar-refractivity contribution in [3.63, 3.8) is 0 Å². The minimum Gasteiger partial charge on any atom is -0.466 e. The van der Waals surface area contributed by atoms with Crippen LogP contribution in [-0.2, 0) is 16.6 Å². The first-order valence-corrected chi connectivity index (χ1v) is 9.23. The number of carbonyl (C=O) groups excluding carboxylic acids is 1. The van der Waals surface area contributed by atoms with E-state index in [0.29, 0.717) is 19.7 Å². The number of aromatic nitrogens is 2. The van der Waals surface area contributed by atoms with Gasteiger partial charge >= 0.3 is 5.97 Å². The molecule has 0 bridgehead atoms. The van der Waals surface area contributed by atoms with Crippen molar-refractivity contribution in [2.24, 2.45) is 18.0 Å². The Balaban J connectivity index is 0.00000364. The fraction of sp³-hybridized carbons (Fsp3) is 0.722. The van der Waals surface area contributed by atoms with Crippen LogP contribution in [0.15, 0.2) is 17.4 Å². The number of piperidine rings is 1. The molecule has 0 amide bonds. The highest BCUT2D eigenvalue weighted by Gasteiger charge is 2.28. The molecule has 0 aromatic carbocycles. The molecule has 8 nitrogen and oxygen atoms in total. The number of esters is 1. The van der Waals surface area contributed by atoms with Crippen LogP contribution >= 0.6 is 24.0 Å². The van der Waals surface area contributed by atoms with Crippen LogP contribution in [-0.4, -0.2) is 78.9 Å². The number of likely N-dealkylation sites (tertiary alicyclic amines) is 1. The van der Waals surface area contributed by atoms with Crippen molar-refractivity contribution >= 4 is 35.9 Å². The lowest BCUT2D eigenvalue weighted by Crippen LogP contribution is -2.49. The lowest BCUT2D eigenvalue weighted by Gasteiger charge is -2.35. The minimum absolute atomic E-state index is 0. The first-order chi connectivity index (χ1) is 12.5. The molecular formula is C18H33IN6O2. The quantitative estimate of drug-likeness (QED) is 0.281. The van der Waals surface area contributed by atoms with Gasteiger partial charge in [-0.05, 0) is 33.9 Å². The standard InChI is InChI=1S/C18H32N6O2.HI/c1-6-26-17(25)14-8-7-9-24(13-14)18(19-2)20-11-16(22(3)4)15-10-21-23(5)12-15;/h10,12,14,16H,6-9,11,13H2,1-5H3,(H,19,20);1H. The summed E-state index contributed by atoms with van der Waals surface area (Å²) in [7, 11) is 7.82. The maximum Gasteiger partial charge on any atom is 0.310 e. The Hall–Kier alpha value is -1.36. The molecule has 9 heteroatoms. The molecule has 1 aliphatic rings. The fourth-order valence-electron chi connectivity index (χ4n) is 3.35. The monoisotopic (exact) mass is 492 g/mol. The van der Waals surface area contributed by atoms with E-state index in [-0.39, 0.29) is 41.9 Å². The summed E-state index contributed by atoms with van der Waals surface area (Å²) in [4.78, 5) is 20.8. The Labute approximate surface area is 179 Å². The summed E-state index contributed by atoms with van der Waals surface area (Å²) in [5.41, 5.74) is 1.16. The van der Waals surface area contributed by atoms with Gasteiger partial charge in [0.25, 0.3) is 0 Å². The van der Waals surface area contributed by atoms with E-state index in [1.54, 1.807) is 7.05 Å². The van der Waals surface area contributed by atoms with Crippen molar-refractivity contribution in [3.05, 3.63) is 18.0 Å². The summed E-state index contributed by atoms with van der Waals surface area (Å²) in [6.45, 7) is 4.54. The Morgan fingerprint density at radius 1 is 1.52 bits per heavy atom. The second kappa shape index (κ2) is 11.5. The molecule has 0 radical (unpaired) electrons. The molecule has 27 heavy (non-hydrogen) atoms. The third-order valence-electron chi connectivity index (χ3n) is 4.74. The molecule has 2 rings (SSSR count). The Morgan fingerprint density at radius 3 is 2.81 bits per heavy atom. The summed E-state index contributed by atoms with van der Waals surface area (Å²) in [6, 6.07) is 0.186. The van der Waals surface area contributed by atoms with E-state index in [1.807, 2.05) is 31.0 Å². The van der Waals surface area contributed by atoms with Crippen LogP contribution < -0.4 is 5.32 Å². The number of aliphatic imine (C=N–C) groups is 1. The van der Waals surface area contributed by atoms with Gasteiger partial charge in [-0.1, -0.05) is 0 Å². The first kappa shape index (κ1) is 23.7. The maximum atomic E-state index is 12.1. The average molecular weight is 492 g/mol. The van der Waals surface area contributed by atoms with Crippen molar-refractivity contribution in [2.75, 3.05) is 47.4 Å². The highest BCUT2D eigenvalue weighted by molar-refractivity contribution is 14.0. The summed E-state index contributed by atoms with van der Waals surface area (Å²) in [6.07, 6.45) is 5.77. The number of rotatable bonds is 6. The number of carbonyl (C=O) groups is 1. The van der Waals surface area contributed by atoms with Crippen molar-refractivity contribution in [1.82, 2.24) is 24.9 Å². The zero-order valence-electron chi connectivity index (χ0n) is 17.0. The van der Waals surface area contributed by atoms with E-state index in [0.717, 1.165) is 30.9 Å². The third kappa shape index (κ3) is 6.63. The molecule has 2 unspecified atom stereocenters. The SMILES string of the molecule is CCOC(=O)C1CCCN(C(=NC)NCC(c2cnn(C)c2)N(C)C)C1.I. The van der Waals surface area contributed by atoms with Gasteiger partial charge < -0.3 is 19.9 Å². The minimum atomic E-state index is -0.103. The van der Waals surface area contributed by atoms with Crippen LogP contribution in [0.2, 0.25) is 0 Å². The molecule has 1 aromatic heterocycles. The molecule has 154 valence electrons. The predicted octanol–water partition coefficient (Wildman–Crippen LogP) is 1.49. The molecule has 2 atom stereocenters. The smallest absolute Gasteiger partial charge is 0.310 e. The van der Waals surface area contributed by atoms with Gasteiger partial charge in [0.2, 0.25) is 0 Å². The second-order valence-corrected chi connectivity index (χ2v) is 6.89. The highest BCUT2D eigenvalue weighted by atomic mass is 127. The van der Waals surface area contributed by atoms with Crippen LogP contribution in [0.5, 0.6) is 0 Å². The zero-order valence-corrected chi connectivity index (χ0v) is 19.3. The lowest BCUT2D eigenvalue weighted by molar-refractivity contribution is -0.149. The molecule has 0 spiro atoms. The Morgan fingerprint density at radius 2 is 2.26 bits per heavy atom. The van der Waals surface area contributed by atoms with Gasteiger partial charge in [-0.25, -0.2) is 0 Å². The van der Waals surface area contributed by atoms with E-state index in [9.17, 15) is 4.79 Å². The van der Waals surface area contributed by atoms with Crippen LogP contribution in [0.3, 0.4) is 0 Å². The van der Waals surface area contributed by atoms with Gasteiger partial charge in [0.05, 0.1) is 24.8 Å². The number of aryl methyl sites for hydroxylation is 1. The number of ether oxygens (including phenoxy) is 1. The van der Waals surface area contributed by atoms with Gasteiger partial charge in [0.15, 0.2) is 5.96 Å². The molecule has 1 aromatic rings. The number of guanidine groups is 1. The Bertz CT molecular complexity index is 619. The fourth-order valence-corrected chi connectivity index (χ4v) is 3.35. The predicted molar refractivity (Wildman–Crippen MR) is 117 cm³/mol. The van der Waals surface area contributed by atoms with Gasteiger partial charge in [0, 0.05) is 45.5 Å². The van der Waals surface area contributed by atoms with E-state index < -0.39 is 0 Å². The number of halogens is 1. The molecule has 2 heterocycles. The second-order valence-electron chi connectivity index (χ2n) is 6.89. The van der Waals surface area contributed by atoms with Crippen LogP contribution in [0.4, 0.5) is 0 Å². The lowest BCUT2D eigenvalue weighted by atomic mass is 9.98. The van der Waals surface area contributed by atoms with Crippen LogP contribution in [0, 0.1) is 5.92 Å². The topological polar surface area (TPSA) is 75.0 Å². The number of nitrogens with zero attached hydrogens (tertiary/aromatic N) is 5. The Kier molecular flexibility index (Phi) is 10.1.